The molecule has 1 amide bonds. The van der Waals surface area contributed by atoms with Gasteiger partial charge in [0.25, 0.3) is 0 Å². The van der Waals surface area contributed by atoms with Crippen LogP contribution in [0.5, 0.6) is 11.6 Å². The first-order valence-electron chi connectivity index (χ1n) is 11.8. The van der Waals surface area contributed by atoms with Crippen molar-refractivity contribution in [3.8, 4) is 11.6 Å². The summed E-state index contributed by atoms with van der Waals surface area (Å²) in [6.45, 7) is 6.51. The summed E-state index contributed by atoms with van der Waals surface area (Å²) in [5, 5.41) is 3.15. The van der Waals surface area contributed by atoms with Gasteiger partial charge < -0.3 is 15.0 Å². The summed E-state index contributed by atoms with van der Waals surface area (Å²) in [4.78, 5) is 23.6. The molecule has 2 heterocycles. The van der Waals surface area contributed by atoms with Crippen molar-refractivity contribution in [1.82, 2.24) is 15.3 Å². The molecular formula is C27H32N4O2. The Bertz CT molecular complexity index is 1030. The third-order valence-corrected chi connectivity index (χ3v) is 6.32. The smallest absolute Gasteiger partial charge is 0.224 e. The maximum Gasteiger partial charge on any atom is 0.224 e. The average molecular weight is 445 g/mol. The lowest BCUT2D eigenvalue weighted by Gasteiger charge is -2.32. The molecule has 1 aliphatic heterocycles. The zero-order valence-corrected chi connectivity index (χ0v) is 19.4. The molecular weight excluding hydrogens is 412 g/mol. The molecule has 1 unspecified atom stereocenters. The number of ether oxygens (including phenoxy) is 1. The number of hydrogen-bond donors (Lipinski definition) is 1. The van der Waals surface area contributed by atoms with Gasteiger partial charge in [0.1, 0.15) is 17.9 Å². The Balaban J connectivity index is 1.27. The Morgan fingerprint density at radius 3 is 2.52 bits per heavy atom. The Labute approximate surface area is 196 Å². The van der Waals surface area contributed by atoms with E-state index in [2.05, 4.69) is 58.3 Å². The average Bonchev–Trinajstić information content (AvgIpc) is 2.88. The lowest BCUT2D eigenvalue weighted by Crippen LogP contribution is -2.41. The first-order valence-corrected chi connectivity index (χ1v) is 11.8. The molecule has 1 atom stereocenters. The minimum atomic E-state index is 0.0406. The van der Waals surface area contributed by atoms with Crippen molar-refractivity contribution in [2.75, 3.05) is 24.5 Å². The van der Waals surface area contributed by atoms with Gasteiger partial charge in [-0.15, -0.1) is 0 Å². The molecule has 1 saturated heterocycles. The highest BCUT2D eigenvalue weighted by molar-refractivity contribution is 5.79. The van der Waals surface area contributed by atoms with Gasteiger partial charge in [0.05, 0.1) is 0 Å². The third kappa shape index (κ3) is 6.09. The number of carbonyl (C=O) groups excluding carboxylic acids is 1. The molecule has 6 heteroatoms. The minimum absolute atomic E-state index is 0.0406. The van der Waals surface area contributed by atoms with Crippen LogP contribution in [-0.2, 0) is 11.2 Å². The largest absolute Gasteiger partial charge is 0.439 e. The molecule has 1 aromatic heterocycles. The van der Waals surface area contributed by atoms with Crippen molar-refractivity contribution in [2.45, 2.75) is 39.0 Å². The fourth-order valence-corrected chi connectivity index (χ4v) is 4.14. The molecule has 33 heavy (non-hydrogen) atoms. The van der Waals surface area contributed by atoms with Gasteiger partial charge in [-0.1, -0.05) is 56.3 Å². The number of benzene rings is 2. The summed E-state index contributed by atoms with van der Waals surface area (Å²) in [5.41, 5.74) is 2.52. The van der Waals surface area contributed by atoms with Gasteiger partial charge in [0.15, 0.2) is 0 Å². The first-order chi connectivity index (χ1) is 16.1. The van der Waals surface area contributed by atoms with Gasteiger partial charge in [-0.2, -0.15) is 0 Å². The van der Waals surface area contributed by atoms with Crippen LogP contribution in [0, 0.1) is 5.92 Å². The van der Waals surface area contributed by atoms with Crippen LogP contribution in [0.3, 0.4) is 0 Å². The number of nitrogens with zero attached hydrogens (tertiary/aromatic N) is 3. The van der Waals surface area contributed by atoms with Gasteiger partial charge in [0, 0.05) is 31.6 Å². The Morgan fingerprint density at radius 1 is 1.09 bits per heavy atom. The molecule has 0 bridgehead atoms. The van der Waals surface area contributed by atoms with E-state index in [1.54, 1.807) is 0 Å². The number of anilines is 1. The van der Waals surface area contributed by atoms with Crippen LogP contribution in [0.2, 0.25) is 0 Å². The molecule has 6 nitrogen and oxygen atoms in total. The zero-order chi connectivity index (χ0) is 23.0. The predicted octanol–water partition coefficient (Wildman–Crippen LogP) is 4.97. The lowest BCUT2D eigenvalue weighted by atomic mass is 9.95. The summed E-state index contributed by atoms with van der Waals surface area (Å²) in [5.74, 6) is 2.61. The third-order valence-electron chi connectivity index (χ3n) is 6.32. The van der Waals surface area contributed by atoms with Gasteiger partial charge in [-0.3, -0.25) is 4.79 Å². The Hall–Kier alpha value is -3.41. The molecule has 172 valence electrons. The van der Waals surface area contributed by atoms with Gasteiger partial charge in [-0.05, 0) is 48.4 Å². The molecule has 0 aliphatic carbocycles. The van der Waals surface area contributed by atoms with Crippen molar-refractivity contribution >= 4 is 11.7 Å². The molecule has 0 saturated carbocycles. The molecule has 1 N–H and O–H groups in total. The topological polar surface area (TPSA) is 67.3 Å². The van der Waals surface area contributed by atoms with Gasteiger partial charge in [0.2, 0.25) is 11.8 Å². The Morgan fingerprint density at radius 2 is 1.82 bits per heavy atom. The molecule has 1 fully saturated rings. The maximum absolute atomic E-state index is 12.7. The quantitative estimate of drug-likeness (QED) is 0.531. The lowest BCUT2D eigenvalue weighted by molar-refractivity contribution is -0.125. The van der Waals surface area contributed by atoms with E-state index in [0.717, 1.165) is 43.9 Å². The maximum atomic E-state index is 12.7. The fraction of sp³-hybridized carbons (Fsp3) is 0.370. The number of piperidine rings is 1. The second-order valence-electron chi connectivity index (χ2n) is 8.63. The number of aryl methyl sites for hydroxylation is 1. The van der Waals surface area contributed by atoms with Crippen LogP contribution in [0.4, 0.5) is 5.82 Å². The second kappa shape index (κ2) is 10.9. The SMILES string of the molecule is CCc1ccc(Oc2cc(N3CCC(C(=O)NCC(C)c4ccccc4)CC3)ncn2)cc1. The van der Waals surface area contributed by atoms with Crippen LogP contribution >= 0.6 is 0 Å². The van der Waals surface area contributed by atoms with E-state index in [-0.39, 0.29) is 11.8 Å². The Kier molecular flexibility index (Phi) is 7.55. The van der Waals surface area contributed by atoms with E-state index in [1.165, 1.54) is 17.5 Å². The van der Waals surface area contributed by atoms with E-state index >= 15 is 0 Å². The fourth-order valence-electron chi connectivity index (χ4n) is 4.14. The highest BCUT2D eigenvalue weighted by Gasteiger charge is 2.26. The van der Waals surface area contributed by atoms with E-state index in [4.69, 9.17) is 4.74 Å². The number of hydrogen-bond acceptors (Lipinski definition) is 5. The highest BCUT2D eigenvalue weighted by Crippen LogP contribution is 2.26. The minimum Gasteiger partial charge on any atom is -0.439 e. The molecule has 0 spiro atoms. The van der Waals surface area contributed by atoms with E-state index < -0.39 is 0 Å². The summed E-state index contributed by atoms with van der Waals surface area (Å²) >= 11 is 0. The highest BCUT2D eigenvalue weighted by atomic mass is 16.5. The number of carbonyl (C=O) groups is 1. The van der Waals surface area contributed by atoms with Crippen molar-refractivity contribution in [1.29, 1.82) is 0 Å². The van der Waals surface area contributed by atoms with Crippen molar-refractivity contribution in [3.63, 3.8) is 0 Å². The first kappa shape index (κ1) is 22.8. The summed E-state index contributed by atoms with van der Waals surface area (Å²) < 4.78 is 5.92. The van der Waals surface area contributed by atoms with Crippen LogP contribution in [-0.4, -0.2) is 35.5 Å². The predicted molar refractivity (Wildman–Crippen MR) is 131 cm³/mol. The number of rotatable bonds is 8. The number of amides is 1. The molecule has 0 radical (unpaired) electrons. The normalized spacial score (nSPS) is 15.2. The molecule has 2 aromatic carbocycles. The van der Waals surface area contributed by atoms with Crippen molar-refractivity contribution in [3.05, 3.63) is 78.1 Å². The van der Waals surface area contributed by atoms with E-state index in [9.17, 15) is 4.79 Å². The zero-order valence-electron chi connectivity index (χ0n) is 19.4. The molecule has 3 aromatic rings. The molecule has 1 aliphatic rings. The van der Waals surface area contributed by atoms with E-state index in [0.29, 0.717) is 18.3 Å². The van der Waals surface area contributed by atoms with Crippen LogP contribution in [0.15, 0.2) is 67.0 Å². The summed E-state index contributed by atoms with van der Waals surface area (Å²) in [6.07, 6.45) is 4.15. The van der Waals surface area contributed by atoms with Crippen LogP contribution < -0.4 is 15.0 Å². The van der Waals surface area contributed by atoms with E-state index in [1.807, 2.05) is 36.4 Å². The summed E-state index contributed by atoms with van der Waals surface area (Å²) in [7, 11) is 0. The number of aromatic nitrogens is 2. The monoisotopic (exact) mass is 444 g/mol. The van der Waals surface area contributed by atoms with Crippen molar-refractivity contribution in [2.24, 2.45) is 5.92 Å². The van der Waals surface area contributed by atoms with Crippen LogP contribution in [0.1, 0.15) is 43.7 Å². The summed E-state index contributed by atoms with van der Waals surface area (Å²) in [6, 6.07) is 20.2. The van der Waals surface area contributed by atoms with Gasteiger partial charge in [-0.25, -0.2) is 9.97 Å². The second-order valence-corrected chi connectivity index (χ2v) is 8.63. The van der Waals surface area contributed by atoms with Crippen molar-refractivity contribution < 1.29 is 9.53 Å². The van der Waals surface area contributed by atoms with Crippen LogP contribution in [0.25, 0.3) is 0 Å². The van der Waals surface area contributed by atoms with Gasteiger partial charge >= 0.3 is 0 Å². The number of nitrogens with one attached hydrogen (secondary N) is 1. The molecule has 4 rings (SSSR count). The standard InChI is InChI=1S/C27H32N4O2/c1-3-21-9-11-24(12-10-21)33-26-17-25(29-19-30-26)31-15-13-23(14-16-31)27(32)28-18-20(2)22-7-5-4-6-8-22/h4-12,17,19-20,23H,3,13-16,18H2,1-2H3,(H,28,32).